The fourth-order valence-corrected chi connectivity index (χ4v) is 4.71. The molecule has 1 aliphatic carbocycles. The highest BCUT2D eigenvalue weighted by Crippen LogP contribution is 2.48. The second-order valence-corrected chi connectivity index (χ2v) is 10.8. The minimum absolute atomic E-state index is 0.00422. The van der Waals surface area contributed by atoms with Crippen LogP contribution in [-0.2, 0) is 11.2 Å². The van der Waals surface area contributed by atoms with Gasteiger partial charge in [0.1, 0.15) is 5.76 Å². The monoisotopic (exact) mass is 463 g/mol. The highest BCUT2D eigenvalue weighted by molar-refractivity contribution is 5.92. The molecule has 182 valence electrons. The van der Waals surface area contributed by atoms with Crippen molar-refractivity contribution in [3.8, 4) is 11.5 Å². The van der Waals surface area contributed by atoms with Crippen molar-refractivity contribution in [1.29, 1.82) is 0 Å². The number of benzene rings is 1. The Hall–Kier alpha value is -2.89. The number of carbonyl (C=O) groups is 1. The third-order valence-electron chi connectivity index (χ3n) is 6.37. The first-order valence-corrected chi connectivity index (χ1v) is 12.5. The minimum atomic E-state index is -0.0131. The molecular formula is C28H37N3O3. The average molecular weight is 464 g/mol. The molecule has 1 saturated carbocycles. The van der Waals surface area contributed by atoms with Gasteiger partial charge in [-0.05, 0) is 62.5 Å². The summed E-state index contributed by atoms with van der Waals surface area (Å²) < 4.78 is 11.5. The van der Waals surface area contributed by atoms with Crippen molar-refractivity contribution >= 4 is 11.6 Å². The summed E-state index contributed by atoms with van der Waals surface area (Å²) in [4.78, 5) is 13.1. The molecule has 0 spiro atoms. The zero-order valence-corrected chi connectivity index (χ0v) is 21.3. The normalized spacial score (nSPS) is 14.7. The van der Waals surface area contributed by atoms with Crippen molar-refractivity contribution in [2.24, 2.45) is 11.8 Å². The van der Waals surface area contributed by atoms with Crippen LogP contribution >= 0.6 is 0 Å². The number of hydrogen-bond acceptors (Lipinski definition) is 5. The maximum Gasteiger partial charge on any atom is 0.225 e. The van der Waals surface area contributed by atoms with Gasteiger partial charge in [0.15, 0.2) is 11.5 Å². The Morgan fingerprint density at radius 2 is 1.82 bits per heavy atom. The summed E-state index contributed by atoms with van der Waals surface area (Å²) in [6.07, 6.45) is 4.29. The molecule has 1 N–H and O–H groups in total. The summed E-state index contributed by atoms with van der Waals surface area (Å²) in [5.41, 5.74) is 5.85. The number of amides is 1. The summed E-state index contributed by atoms with van der Waals surface area (Å²) >= 11 is 0. The van der Waals surface area contributed by atoms with E-state index in [0.717, 1.165) is 54.0 Å². The van der Waals surface area contributed by atoms with Crippen molar-refractivity contribution in [2.75, 3.05) is 5.32 Å². The van der Waals surface area contributed by atoms with Crippen molar-refractivity contribution in [2.45, 2.75) is 85.5 Å². The van der Waals surface area contributed by atoms with Gasteiger partial charge >= 0.3 is 0 Å². The van der Waals surface area contributed by atoms with E-state index in [4.69, 9.17) is 9.05 Å². The molecule has 2 aromatic heterocycles. The molecule has 6 nitrogen and oxygen atoms in total. The second-order valence-electron chi connectivity index (χ2n) is 10.8. The van der Waals surface area contributed by atoms with Crippen molar-refractivity contribution < 1.29 is 13.8 Å². The van der Waals surface area contributed by atoms with Crippen LogP contribution in [0.5, 0.6) is 0 Å². The molecular weight excluding hydrogens is 426 g/mol. The lowest BCUT2D eigenvalue weighted by molar-refractivity contribution is -0.116. The zero-order chi connectivity index (χ0) is 24.4. The molecule has 2 heterocycles. The number of nitrogens with zero attached hydrogens (tertiary/aromatic N) is 2. The minimum Gasteiger partial charge on any atom is -0.361 e. The third kappa shape index (κ3) is 5.78. The van der Waals surface area contributed by atoms with Gasteiger partial charge in [-0.2, -0.15) is 0 Å². The summed E-state index contributed by atoms with van der Waals surface area (Å²) in [6, 6.07) is 8.06. The van der Waals surface area contributed by atoms with Crippen LogP contribution < -0.4 is 5.32 Å². The van der Waals surface area contributed by atoms with Gasteiger partial charge in [0.2, 0.25) is 5.91 Å². The van der Waals surface area contributed by atoms with Crippen LogP contribution in [0.4, 0.5) is 5.69 Å². The molecule has 34 heavy (non-hydrogen) atoms. The quantitative estimate of drug-likeness (QED) is 0.344. The van der Waals surface area contributed by atoms with Gasteiger partial charge in [-0.1, -0.05) is 55.7 Å². The van der Waals surface area contributed by atoms with Crippen molar-refractivity contribution in [3.05, 3.63) is 52.4 Å². The third-order valence-corrected chi connectivity index (χ3v) is 6.37. The Kier molecular flexibility index (Phi) is 7.24. The first-order chi connectivity index (χ1) is 16.2. The van der Waals surface area contributed by atoms with Crippen LogP contribution in [0.15, 0.2) is 33.3 Å². The molecule has 0 bridgehead atoms. The highest BCUT2D eigenvalue weighted by atomic mass is 16.5. The number of aryl methyl sites for hydroxylation is 2. The Bertz CT molecular complexity index is 1140. The summed E-state index contributed by atoms with van der Waals surface area (Å²) in [5.74, 6) is 2.89. The van der Waals surface area contributed by atoms with Gasteiger partial charge in [-0.25, -0.2) is 0 Å². The van der Waals surface area contributed by atoms with Crippen LogP contribution in [0, 0.1) is 25.7 Å². The lowest BCUT2D eigenvalue weighted by Crippen LogP contribution is -2.18. The smallest absolute Gasteiger partial charge is 0.225 e. The Labute approximate surface area is 202 Å². The average Bonchev–Trinajstić information content (AvgIpc) is 3.32. The van der Waals surface area contributed by atoms with Crippen LogP contribution in [0.2, 0.25) is 0 Å². The van der Waals surface area contributed by atoms with Gasteiger partial charge < -0.3 is 14.4 Å². The van der Waals surface area contributed by atoms with Gasteiger partial charge in [0.25, 0.3) is 0 Å². The van der Waals surface area contributed by atoms with E-state index in [1.165, 1.54) is 5.56 Å². The Morgan fingerprint density at radius 3 is 2.47 bits per heavy atom. The fraction of sp³-hybridized carbons (Fsp3) is 0.536. The SMILES string of the molecule is Cc1ccc(NC(=O)C[C@H](CC(C)C)c2noc(-c3cc(CC(C)C)on3)c2C2CC2)c(C)c1. The Morgan fingerprint density at radius 1 is 1.06 bits per heavy atom. The van der Waals surface area contributed by atoms with Crippen molar-refractivity contribution in [1.82, 2.24) is 10.3 Å². The maximum atomic E-state index is 13.1. The molecule has 1 fully saturated rings. The number of rotatable bonds is 10. The predicted molar refractivity (Wildman–Crippen MR) is 134 cm³/mol. The van der Waals surface area contributed by atoms with Crippen LogP contribution in [0.1, 0.15) is 93.4 Å². The number of carbonyl (C=O) groups excluding carboxylic acids is 1. The topological polar surface area (TPSA) is 81.2 Å². The molecule has 4 rings (SSSR count). The Balaban J connectivity index is 1.60. The van der Waals surface area contributed by atoms with E-state index in [2.05, 4.69) is 56.3 Å². The van der Waals surface area contributed by atoms with E-state index in [0.29, 0.717) is 35.6 Å². The molecule has 0 aliphatic heterocycles. The highest BCUT2D eigenvalue weighted by Gasteiger charge is 2.37. The molecule has 0 radical (unpaired) electrons. The van der Waals surface area contributed by atoms with E-state index < -0.39 is 0 Å². The first-order valence-electron chi connectivity index (χ1n) is 12.5. The number of nitrogens with one attached hydrogen (secondary N) is 1. The molecule has 1 amide bonds. The summed E-state index contributed by atoms with van der Waals surface area (Å²) in [7, 11) is 0. The standard InChI is InChI=1S/C28H37N3O3/c1-16(2)11-21(14-25(32)29-23-10-7-18(5)13-19(23)6)27-26(20-8-9-20)28(34-31-27)24-15-22(33-30-24)12-17(3)4/h7,10,13,15-17,20-21H,8-9,11-12,14H2,1-6H3,(H,29,32)/t21-/m0/s1. The van der Waals surface area contributed by atoms with Gasteiger partial charge in [0.05, 0.1) is 5.69 Å². The molecule has 1 aliphatic rings. The van der Waals surface area contributed by atoms with Gasteiger partial charge in [-0.3, -0.25) is 4.79 Å². The van der Waals surface area contributed by atoms with Crippen LogP contribution in [0.3, 0.4) is 0 Å². The lowest BCUT2D eigenvalue weighted by atomic mass is 9.87. The molecule has 1 atom stereocenters. The second kappa shape index (κ2) is 10.2. The number of hydrogen-bond donors (Lipinski definition) is 1. The molecule has 1 aromatic carbocycles. The molecule has 6 heteroatoms. The van der Waals surface area contributed by atoms with Crippen LogP contribution in [0.25, 0.3) is 11.5 Å². The van der Waals surface area contributed by atoms with E-state index >= 15 is 0 Å². The molecule has 0 saturated heterocycles. The largest absolute Gasteiger partial charge is 0.361 e. The maximum absolute atomic E-state index is 13.1. The predicted octanol–water partition coefficient (Wildman–Crippen LogP) is 7.18. The first kappa shape index (κ1) is 24.2. The van der Waals surface area contributed by atoms with E-state index in [9.17, 15) is 4.79 Å². The fourth-order valence-electron chi connectivity index (χ4n) is 4.71. The number of anilines is 1. The summed E-state index contributed by atoms with van der Waals surface area (Å²) in [6.45, 7) is 12.8. The van der Waals surface area contributed by atoms with Crippen LogP contribution in [-0.4, -0.2) is 16.2 Å². The van der Waals surface area contributed by atoms with E-state index in [-0.39, 0.29) is 11.8 Å². The van der Waals surface area contributed by atoms with E-state index in [1.54, 1.807) is 0 Å². The van der Waals surface area contributed by atoms with Gasteiger partial charge in [0, 0.05) is 36.1 Å². The van der Waals surface area contributed by atoms with Gasteiger partial charge in [-0.15, -0.1) is 0 Å². The lowest BCUT2D eigenvalue weighted by Gasteiger charge is -2.18. The zero-order valence-electron chi connectivity index (χ0n) is 21.3. The molecule has 3 aromatic rings. The van der Waals surface area contributed by atoms with E-state index in [1.807, 2.05) is 25.1 Å². The summed E-state index contributed by atoms with van der Waals surface area (Å²) in [5, 5.41) is 11.9. The van der Waals surface area contributed by atoms with Crippen molar-refractivity contribution in [3.63, 3.8) is 0 Å². The molecule has 0 unspecified atom stereocenters. The number of aromatic nitrogens is 2.